The third-order valence-corrected chi connectivity index (χ3v) is 5.13. The van der Waals surface area contributed by atoms with Crippen LogP contribution in [-0.2, 0) is 0 Å². The number of likely N-dealkylation sites (tertiary alicyclic amines) is 1. The van der Waals surface area contributed by atoms with Crippen LogP contribution in [0.3, 0.4) is 0 Å². The maximum atomic E-state index is 14.2. The molecule has 2 N–H and O–H groups in total. The molecule has 1 saturated carbocycles. The van der Waals surface area contributed by atoms with E-state index in [1.807, 2.05) is 17.0 Å². The fourth-order valence-corrected chi connectivity index (χ4v) is 3.85. The molecule has 1 aliphatic heterocycles. The minimum Gasteiger partial charge on any atom is -0.334 e. The molecule has 2 fully saturated rings. The van der Waals surface area contributed by atoms with Crippen LogP contribution >= 0.6 is 0 Å². The molecule has 0 bridgehead atoms. The number of amides is 1. The lowest BCUT2D eigenvalue weighted by Crippen LogP contribution is -2.42. The molecule has 0 aromatic heterocycles. The van der Waals surface area contributed by atoms with Gasteiger partial charge in [-0.3, -0.25) is 4.79 Å². The maximum absolute atomic E-state index is 14.2. The highest BCUT2D eigenvalue weighted by Gasteiger charge is 2.53. The minimum atomic E-state index is -0.313. The Bertz CT molecular complexity index is 761. The molecular formula is C19H19FN2O. The number of halogens is 1. The Morgan fingerprint density at radius 3 is 2.57 bits per heavy atom. The van der Waals surface area contributed by atoms with Gasteiger partial charge in [-0.25, -0.2) is 4.39 Å². The zero-order valence-electron chi connectivity index (χ0n) is 12.8. The largest absolute Gasteiger partial charge is 0.334 e. The molecule has 0 spiro atoms. The van der Waals surface area contributed by atoms with Crippen molar-refractivity contribution < 1.29 is 9.18 Å². The third-order valence-electron chi connectivity index (χ3n) is 5.13. The molecule has 0 unspecified atom stereocenters. The van der Waals surface area contributed by atoms with Gasteiger partial charge in [0.25, 0.3) is 5.91 Å². The van der Waals surface area contributed by atoms with E-state index in [9.17, 15) is 9.18 Å². The summed E-state index contributed by atoms with van der Waals surface area (Å²) in [7, 11) is 0. The lowest BCUT2D eigenvalue weighted by Gasteiger charge is -2.27. The van der Waals surface area contributed by atoms with E-state index in [-0.39, 0.29) is 17.8 Å². The second kappa shape index (κ2) is 5.46. The highest BCUT2D eigenvalue weighted by atomic mass is 19.1. The molecule has 4 heteroatoms. The minimum absolute atomic E-state index is 0.0356. The monoisotopic (exact) mass is 310 g/mol. The number of nitrogens with zero attached hydrogens (tertiary/aromatic N) is 1. The predicted octanol–water partition coefficient (Wildman–Crippen LogP) is 2.91. The van der Waals surface area contributed by atoms with Crippen LogP contribution in [0.1, 0.15) is 16.8 Å². The highest BCUT2D eigenvalue weighted by molar-refractivity contribution is 6.01. The van der Waals surface area contributed by atoms with Crippen LogP contribution in [-0.4, -0.2) is 29.9 Å². The average molecular weight is 310 g/mol. The molecule has 2 aromatic rings. The molecule has 1 heterocycles. The number of carbonyl (C=O) groups is 1. The number of carbonyl (C=O) groups excluding carboxylic acids is 1. The van der Waals surface area contributed by atoms with Crippen molar-refractivity contribution in [3.05, 3.63) is 59.9 Å². The first kappa shape index (κ1) is 14.4. The maximum Gasteiger partial charge on any atom is 0.254 e. The summed E-state index contributed by atoms with van der Waals surface area (Å²) in [5.41, 5.74) is 7.54. The van der Waals surface area contributed by atoms with Crippen molar-refractivity contribution >= 4 is 5.91 Å². The summed E-state index contributed by atoms with van der Waals surface area (Å²) < 4.78 is 14.2. The Morgan fingerprint density at radius 1 is 1.13 bits per heavy atom. The summed E-state index contributed by atoms with van der Waals surface area (Å²) in [6.07, 6.45) is 1.18. The topological polar surface area (TPSA) is 46.3 Å². The van der Waals surface area contributed by atoms with E-state index in [1.54, 1.807) is 30.3 Å². The summed E-state index contributed by atoms with van der Waals surface area (Å²) in [6.45, 7) is 1.27. The number of nitrogens with two attached hydrogens (primary N) is 1. The first-order chi connectivity index (χ1) is 11.2. The van der Waals surface area contributed by atoms with Crippen LogP contribution in [0.15, 0.2) is 48.5 Å². The van der Waals surface area contributed by atoms with Gasteiger partial charge in [0, 0.05) is 30.3 Å². The Hall–Kier alpha value is -2.20. The van der Waals surface area contributed by atoms with E-state index in [1.165, 1.54) is 12.5 Å². The van der Waals surface area contributed by atoms with Crippen molar-refractivity contribution in [3.63, 3.8) is 0 Å². The molecule has 4 rings (SSSR count). The van der Waals surface area contributed by atoms with Crippen molar-refractivity contribution in [3.8, 4) is 11.1 Å². The first-order valence-corrected chi connectivity index (χ1v) is 8.05. The van der Waals surface area contributed by atoms with Gasteiger partial charge in [0.05, 0.1) is 0 Å². The number of benzene rings is 2. The quantitative estimate of drug-likeness (QED) is 0.947. The highest BCUT2D eigenvalue weighted by Crippen LogP contribution is 2.49. The number of fused-ring (bicyclic) bond motifs is 1. The van der Waals surface area contributed by atoms with Crippen LogP contribution in [0, 0.1) is 17.7 Å². The van der Waals surface area contributed by atoms with Crippen LogP contribution in [0.25, 0.3) is 11.1 Å². The Kier molecular flexibility index (Phi) is 3.42. The van der Waals surface area contributed by atoms with Crippen molar-refractivity contribution in [1.29, 1.82) is 0 Å². The molecule has 2 aliphatic rings. The van der Waals surface area contributed by atoms with Crippen LogP contribution in [0.4, 0.5) is 4.39 Å². The molecule has 2 aromatic carbocycles. The summed E-state index contributed by atoms with van der Waals surface area (Å²) >= 11 is 0. The zero-order chi connectivity index (χ0) is 16.0. The van der Waals surface area contributed by atoms with Crippen LogP contribution in [0.2, 0.25) is 0 Å². The van der Waals surface area contributed by atoms with Crippen molar-refractivity contribution in [2.45, 2.75) is 12.5 Å². The summed E-state index contributed by atoms with van der Waals surface area (Å²) in [4.78, 5) is 14.9. The van der Waals surface area contributed by atoms with Gasteiger partial charge in [0.2, 0.25) is 0 Å². The van der Waals surface area contributed by atoms with Gasteiger partial charge in [0.1, 0.15) is 5.82 Å². The normalized spacial score (nSPS) is 25.3. The van der Waals surface area contributed by atoms with Crippen LogP contribution < -0.4 is 5.73 Å². The first-order valence-electron chi connectivity index (χ1n) is 8.05. The second-order valence-corrected chi connectivity index (χ2v) is 6.45. The number of rotatable bonds is 3. The fraction of sp³-hybridized carbons (Fsp3) is 0.316. The van der Waals surface area contributed by atoms with Crippen molar-refractivity contribution in [1.82, 2.24) is 4.90 Å². The van der Waals surface area contributed by atoms with Crippen LogP contribution in [0.5, 0.6) is 0 Å². The summed E-state index contributed by atoms with van der Waals surface area (Å²) in [6, 6.07) is 13.9. The zero-order valence-corrected chi connectivity index (χ0v) is 12.8. The number of piperidine rings is 1. The van der Waals surface area contributed by atoms with E-state index >= 15 is 0 Å². The van der Waals surface area contributed by atoms with Gasteiger partial charge in [-0.1, -0.05) is 36.4 Å². The molecule has 118 valence electrons. The van der Waals surface area contributed by atoms with Gasteiger partial charge < -0.3 is 10.6 Å². The molecule has 0 radical (unpaired) electrons. The summed E-state index contributed by atoms with van der Waals surface area (Å²) in [5.74, 6) is 0.816. The molecular weight excluding hydrogens is 291 g/mol. The van der Waals surface area contributed by atoms with Gasteiger partial charge in [-0.2, -0.15) is 0 Å². The van der Waals surface area contributed by atoms with E-state index < -0.39 is 0 Å². The smallest absolute Gasteiger partial charge is 0.254 e. The lowest BCUT2D eigenvalue weighted by atomic mass is 9.98. The molecule has 3 nitrogen and oxygen atoms in total. The summed E-state index contributed by atoms with van der Waals surface area (Å²) in [5, 5.41) is 0. The molecule has 1 aliphatic carbocycles. The third kappa shape index (κ3) is 2.34. The van der Waals surface area contributed by atoms with Gasteiger partial charge in [0.15, 0.2) is 0 Å². The molecule has 23 heavy (non-hydrogen) atoms. The molecule has 1 saturated heterocycles. The Balaban J connectivity index is 1.73. The van der Waals surface area contributed by atoms with Gasteiger partial charge in [-0.05, 0) is 36.0 Å². The number of hydrogen-bond donors (Lipinski definition) is 1. The van der Waals surface area contributed by atoms with Gasteiger partial charge in [-0.15, -0.1) is 0 Å². The second-order valence-electron chi connectivity index (χ2n) is 6.45. The van der Waals surface area contributed by atoms with E-state index in [0.29, 0.717) is 35.1 Å². The Labute approximate surface area is 134 Å². The fourth-order valence-electron chi connectivity index (χ4n) is 3.85. The molecule has 3 atom stereocenters. The van der Waals surface area contributed by atoms with Gasteiger partial charge >= 0.3 is 0 Å². The predicted molar refractivity (Wildman–Crippen MR) is 87.3 cm³/mol. The SMILES string of the molecule is NC[C@@H]1[C@H]2C[C@H]2CN1C(=O)c1ccccc1-c1ccccc1F. The van der Waals surface area contributed by atoms with E-state index in [0.717, 1.165) is 6.54 Å². The van der Waals surface area contributed by atoms with E-state index in [4.69, 9.17) is 5.73 Å². The van der Waals surface area contributed by atoms with E-state index in [2.05, 4.69) is 0 Å². The standard InChI is InChI=1S/C19H19FN2O/c20-17-8-4-3-6-14(17)13-5-1-2-7-15(13)19(23)22-11-12-9-16(12)18(22)10-21/h1-8,12,16,18H,9-11,21H2/t12-,16-,18+/m0/s1. The Morgan fingerprint density at radius 2 is 1.83 bits per heavy atom. The molecule has 1 amide bonds. The average Bonchev–Trinajstić information content (AvgIpc) is 3.25. The number of hydrogen-bond acceptors (Lipinski definition) is 2. The lowest BCUT2D eigenvalue weighted by molar-refractivity contribution is 0.0713. The van der Waals surface area contributed by atoms with Crippen molar-refractivity contribution in [2.75, 3.05) is 13.1 Å². The van der Waals surface area contributed by atoms with Crippen molar-refractivity contribution in [2.24, 2.45) is 17.6 Å².